The van der Waals surface area contributed by atoms with Crippen molar-refractivity contribution in [2.24, 2.45) is 17.8 Å². The Morgan fingerprint density at radius 3 is 1.85 bits per heavy atom. The Balaban J connectivity index is 1.61. The smallest absolute Gasteiger partial charge is 0.246 e. The van der Waals surface area contributed by atoms with Gasteiger partial charge < -0.3 is 60.5 Å². The van der Waals surface area contributed by atoms with Gasteiger partial charge in [-0.3, -0.25) is 57.5 Å². The van der Waals surface area contributed by atoms with Crippen molar-refractivity contribution in [3.63, 3.8) is 0 Å². The Kier molecular flexibility index (Phi) is 28.4. The largest absolute Gasteiger partial charge is 0.342 e. The zero-order valence-corrected chi connectivity index (χ0v) is 59.3. The number of halogens is 2. The van der Waals surface area contributed by atoms with E-state index in [0.717, 1.165) is 29.6 Å². The summed E-state index contributed by atoms with van der Waals surface area (Å²) in [5, 5.41) is 11.1. The lowest BCUT2D eigenvalue weighted by molar-refractivity contribution is -0.157. The van der Waals surface area contributed by atoms with Gasteiger partial charge >= 0.3 is 0 Å². The van der Waals surface area contributed by atoms with Gasteiger partial charge in [0.05, 0.1) is 19.5 Å². The number of likely N-dealkylation sites (N-methyl/N-ethyl adjacent to an activating group) is 6. The van der Waals surface area contributed by atoms with Crippen molar-refractivity contribution in [1.82, 2.24) is 60.5 Å². The Bertz CT molecular complexity index is 3130. The monoisotopic (exact) mass is 1420 g/mol. The second kappa shape index (κ2) is 34.6. The lowest BCUT2D eigenvalue weighted by atomic mass is 9.95. The number of hydrogen-bond donors (Lipinski definition) is 4. The summed E-state index contributed by atoms with van der Waals surface area (Å²) < 4.78 is 15.1. The molecular formula is C68H98FIN12O12. The maximum absolute atomic E-state index is 15.1. The van der Waals surface area contributed by atoms with Gasteiger partial charge in [-0.2, -0.15) is 0 Å². The van der Waals surface area contributed by atoms with Gasteiger partial charge in [0.2, 0.25) is 70.9 Å². The second-order valence-electron chi connectivity index (χ2n) is 26.7. The minimum Gasteiger partial charge on any atom is -0.342 e. The highest BCUT2D eigenvalue weighted by molar-refractivity contribution is 14.1. The summed E-state index contributed by atoms with van der Waals surface area (Å²) in [6, 6.07) is 1.96. The van der Waals surface area contributed by atoms with E-state index in [9.17, 15) is 57.1 Å². The molecule has 0 aliphatic carbocycles. The number of terminal acetylenes is 1. The average Bonchev–Trinajstić information content (AvgIpc) is 0.800. The molecule has 0 unspecified atom stereocenters. The van der Waals surface area contributed by atoms with E-state index in [1.165, 1.54) is 95.1 Å². The highest BCUT2D eigenvalue weighted by atomic mass is 127. The highest BCUT2D eigenvalue weighted by Gasteiger charge is 2.46. The van der Waals surface area contributed by atoms with Crippen molar-refractivity contribution in [2.45, 2.75) is 180 Å². The SMILES string of the molecule is C#CC[C@@H]1NC(=O)[C@H](Cc2cccc(I)c2)NC(=O)CN(C)C(=O)[C@H](Cc2ccc(F)cc2)N(C)C(=O)[C@@H]2CCN2C(=O)CN(C)C(=O)[C@H]([C@@H](C)CC)NC(=O)[C@H](CC(C)C)N(C)C(=O)C[C@@H](C(=O)N2CCCCC2)N(C)C(=O)[C@H](CC(C)C)NC(=O)C(C)(C)N(C)C1=O. The Morgan fingerprint density at radius 2 is 1.28 bits per heavy atom. The third-order valence-corrected chi connectivity index (χ3v) is 19.0. The van der Waals surface area contributed by atoms with E-state index >= 15 is 4.79 Å². The fraction of sp³-hybridized carbons (Fsp3) is 0.618. The van der Waals surface area contributed by atoms with Gasteiger partial charge in [-0.25, -0.2) is 4.39 Å². The molecule has 5 rings (SSSR count). The summed E-state index contributed by atoms with van der Waals surface area (Å²) in [6.07, 6.45) is 7.60. The number of amides is 12. The van der Waals surface area contributed by atoms with Crippen molar-refractivity contribution in [1.29, 1.82) is 0 Å². The molecule has 24 nitrogen and oxygen atoms in total. The first kappa shape index (κ1) is 77.0. The fourth-order valence-electron chi connectivity index (χ4n) is 11.8. The molecule has 2 aromatic carbocycles. The van der Waals surface area contributed by atoms with Crippen LogP contribution in [0.4, 0.5) is 4.39 Å². The number of hydrogen-bond acceptors (Lipinski definition) is 12. The molecule has 26 heteroatoms. The number of carbonyl (C=O) groups is 12. The average molecular weight is 1420 g/mol. The molecule has 2 aromatic rings. The van der Waals surface area contributed by atoms with Crippen LogP contribution in [0.2, 0.25) is 0 Å². The number of benzene rings is 2. The molecule has 3 saturated heterocycles. The molecule has 0 bridgehead atoms. The molecule has 9 atom stereocenters. The number of piperidine rings is 1. The third-order valence-electron chi connectivity index (χ3n) is 18.3. The minimum absolute atomic E-state index is 0.0521. The number of rotatable bonds is 12. The summed E-state index contributed by atoms with van der Waals surface area (Å²) in [4.78, 5) is 186. The summed E-state index contributed by atoms with van der Waals surface area (Å²) in [5.74, 6) is -7.52. The second-order valence-corrected chi connectivity index (χ2v) is 27.9. The molecular weight excluding hydrogens is 1320 g/mol. The van der Waals surface area contributed by atoms with Crippen molar-refractivity contribution in [3.05, 3.63) is 69.0 Å². The molecule has 94 heavy (non-hydrogen) atoms. The molecule has 516 valence electrons. The number of fused-ring (bicyclic) bond motifs is 1. The fourth-order valence-corrected chi connectivity index (χ4v) is 12.4. The van der Waals surface area contributed by atoms with E-state index in [2.05, 4.69) is 49.8 Å². The van der Waals surface area contributed by atoms with Crippen molar-refractivity contribution < 1.29 is 61.9 Å². The molecule has 3 aliphatic heterocycles. The van der Waals surface area contributed by atoms with Crippen molar-refractivity contribution in [3.8, 4) is 12.3 Å². The molecule has 0 aromatic heterocycles. The molecule has 3 aliphatic rings. The molecule has 4 N–H and O–H groups in total. The molecule has 0 saturated carbocycles. The van der Waals surface area contributed by atoms with Crippen LogP contribution in [-0.2, 0) is 70.4 Å². The Labute approximate surface area is 567 Å². The molecule has 0 radical (unpaired) electrons. The van der Waals surface area contributed by atoms with E-state index in [0.29, 0.717) is 43.5 Å². The highest BCUT2D eigenvalue weighted by Crippen LogP contribution is 2.26. The molecule has 3 fully saturated rings. The summed E-state index contributed by atoms with van der Waals surface area (Å²) in [5.41, 5.74) is -0.705. The quantitative estimate of drug-likeness (QED) is 0.176. The lowest BCUT2D eigenvalue weighted by Crippen LogP contribution is -2.64. The zero-order valence-electron chi connectivity index (χ0n) is 57.1. The molecule has 0 spiro atoms. The van der Waals surface area contributed by atoms with Crippen LogP contribution >= 0.6 is 22.6 Å². The van der Waals surface area contributed by atoms with Crippen LogP contribution in [0.5, 0.6) is 0 Å². The van der Waals surface area contributed by atoms with E-state index in [4.69, 9.17) is 6.42 Å². The Morgan fingerprint density at radius 1 is 0.649 bits per heavy atom. The first-order valence-electron chi connectivity index (χ1n) is 32.4. The van der Waals surface area contributed by atoms with Gasteiger partial charge in [-0.05, 0) is 128 Å². The van der Waals surface area contributed by atoms with Crippen LogP contribution in [0, 0.1) is 39.5 Å². The summed E-state index contributed by atoms with van der Waals surface area (Å²) >= 11 is 2.10. The van der Waals surface area contributed by atoms with Crippen LogP contribution in [0.25, 0.3) is 0 Å². The lowest BCUT2D eigenvalue weighted by Gasteiger charge is -2.43. The number of likely N-dealkylation sites (tertiary alicyclic amines) is 1. The maximum atomic E-state index is 15.1. The molecule has 3 heterocycles. The Hall–Kier alpha value is -7.70. The van der Waals surface area contributed by atoms with Gasteiger partial charge in [0.1, 0.15) is 59.7 Å². The first-order valence-corrected chi connectivity index (χ1v) is 33.5. The van der Waals surface area contributed by atoms with E-state index < -0.39 is 156 Å². The summed E-state index contributed by atoms with van der Waals surface area (Å²) in [6.45, 7) is 13.5. The minimum atomic E-state index is -1.77. The van der Waals surface area contributed by atoms with Gasteiger partial charge in [0, 0.05) is 84.8 Å². The number of nitrogens with zero attached hydrogens (tertiary/aromatic N) is 8. The van der Waals surface area contributed by atoms with Crippen LogP contribution < -0.4 is 21.3 Å². The van der Waals surface area contributed by atoms with Crippen LogP contribution in [0.3, 0.4) is 0 Å². The van der Waals surface area contributed by atoms with E-state index in [1.54, 1.807) is 30.0 Å². The number of nitrogens with one attached hydrogen (secondary N) is 4. The normalized spacial score (nSPS) is 25.1. The van der Waals surface area contributed by atoms with Crippen LogP contribution in [0.15, 0.2) is 48.5 Å². The van der Waals surface area contributed by atoms with E-state index in [1.807, 2.05) is 40.7 Å². The van der Waals surface area contributed by atoms with Crippen LogP contribution in [0.1, 0.15) is 124 Å². The van der Waals surface area contributed by atoms with Gasteiger partial charge in [-0.15, -0.1) is 12.3 Å². The predicted octanol–water partition coefficient (Wildman–Crippen LogP) is 2.97. The zero-order chi connectivity index (χ0) is 70.2. The van der Waals surface area contributed by atoms with Gasteiger partial charge in [0.15, 0.2) is 0 Å². The summed E-state index contributed by atoms with van der Waals surface area (Å²) in [7, 11) is 8.23. The van der Waals surface area contributed by atoms with Gasteiger partial charge in [-0.1, -0.05) is 72.2 Å². The standard InChI is InChI=1S/C68H98FIN12O12/c1-16-22-48-62(89)80(15)68(8,9)67(94)73-50(33-41(3)4)61(88)78(13)54(65(92)81-30-19-18-20-31-81)38-56(84)77(12)52(34-42(5)6)60(87)74-58(43(7)17-2)66(93)76(11)40-57(85)82-32-29-51(82)64(91)79(14)53(37-44-25-27-46(69)28-26-44)63(90)75(10)39-55(83)71-49(59(86)72-48)36-45-23-21-24-47(70)35-45/h1,21,23-28,35,41-43,48-54,58H,17-20,22,29-34,36-40H2,2-15H3,(H,71,83)(H,72,86)(H,73,94)(H,74,87)/t43-,48-,49-,50-,51-,52-,53-,54-,58-/m0/s1. The predicted molar refractivity (Wildman–Crippen MR) is 359 cm³/mol. The first-order chi connectivity index (χ1) is 44.1. The van der Waals surface area contributed by atoms with Crippen LogP contribution in [-0.4, -0.2) is 239 Å². The van der Waals surface area contributed by atoms with Crippen molar-refractivity contribution in [2.75, 3.05) is 75.0 Å². The van der Waals surface area contributed by atoms with Gasteiger partial charge in [0.25, 0.3) is 0 Å². The third kappa shape index (κ3) is 20.2. The maximum Gasteiger partial charge on any atom is 0.246 e. The number of carbonyl (C=O) groups excluding carboxylic acids is 12. The topological polar surface area (TPSA) is 279 Å². The van der Waals surface area contributed by atoms with Crippen molar-refractivity contribution >= 4 is 93.5 Å². The van der Waals surface area contributed by atoms with E-state index in [-0.39, 0.29) is 56.9 Å². The molecule has 12 amide bonds.